The van der Waals surface area contributed by atoms with Crippen molar-refractivity contribution in [2.24, 2.45) is 11.3 Å². The summed E-state index contributed by atoms with van der Waals surface area (Å²) in [7, 11) is 1.55. The van der Waals surface area contributed by atoms with Gasteiger partial charge in [-0.15, -0.1) is 0 Å². The Hall–Kier alpha value is -1.92. The van der Waals surface area contributed by atoms with E-state index in [0.717, 1.165) is 0 Å². The third kappa shape index (κ3) is 6.85. The molecule has 0 aromatic carbocycles. The number of hydrogen-bond donors (Lipinski definition) is 2. The van der Waals surface area contributed by atoms with Gasteiger partial charge in [0.1, 0.15) is 26.0 Å². The Balaban J connectivity index is 1.63. The lowest BCUT2D eigenvalue weighted by Gasteiger charge is -2.23. The molecule has 0 saturated carbocycles. The largest absolute Gasteiger partial charge is 0.464 e. The number of carbonyl (C=O) groups excluding carboxylic acids is 1. The fourth-order valence-electron chi connectivity index (χ4n) is 3.67. The number of nitrogens with zero attached hydrogens (tertiary/aromatic N) is 5. The molecule has 2 aromatic heterocycles. The van der Waals surface area contributed by atoms with Crippen molar-refractivity contribution in [1.82, 2.24) is 24.6 Å². The molecule has 1 fully saturated rings. The Morgan fingerprint density at radius 2 is 2.17 bits per heavy atom. The van der Waals surface area contributed by atoms with Gasteiger partial charge in [-0.2, -0.15) is 9.97 Å². The lowest BCUT2D eigenvalue weighted by Crippen LogP contribution is -2.34. The third-order valence-electron chi connectivity index (χ3n) is 5.32. The number of anilines is 2. The minimum atomic E-state index is -2.10. The highest BCUT2D eigenvalue weighted by molar-refractivity contribution is 8.02. The smallest absolute Gasteiger partial charge is 0.323 e. The number of rotatable bonds is 9. The lowest BCUT2D eigenvalue weighted by molar-refractivity contribution is -0.171. The highest BCUT2D eigenvalue weighted by atomic mass is 32.4. The van der Waals surface area contributed by atoms with Gasteiger partial charge in [0.25, 0.3) is 0 Å². The molecule has 11 nitrogen and oxygen atoms in total. The summed E-state index contributed by atoms with van der Waals surface area (Å²) in [4.78, 5) is 26.9. The van der Waals surface area contributed by atoms with Crippen molar-refractivity contribution in [3.63, 3.8) is 0 Å². The lowest BCUT2D eigenvalue weighted by atomic mass is 9.99. The SMILES string of the molecule is C[C@H](N[PH](=S)OC[C@]1(F)C[C@H](C)[C@H](n2cnc3c(N(C)C)nc(N)nc32)O1)C(=O)OCC(C)(C)C. The number of nitrogens with two attached hydrogens (primary N) is 1. The molecular formula is C21H35FN7O4PS. The molecule has 5 atom stereocenters. The van der Waals surface area contributed by atoms with Gasteiger partial charge in [-0.25, -0.2) is 9.37 Å². The van der Waals surface area contributed by atoms with Gasteiger partial charge >= 0.3 is 5.97 Å². The molecule has 35 heavy (non-hydrogen) atoms. The van der Waals surface area contributed by atoms with E-state index in [1.807, 2.05) is 41.8 Å². The second kappa shape index (κ2) is 10.6. The second-order valence-electron chi connectivity index (χ2n) is 10.3. The number of imidazole rings is 1. The van der Waals surface area contributed by atoms with Crippen molar-refractivity contribution in [2.45, 2.75) is 59.2 Å². The first-order valence-corrected chi connectivity index (χ1v) is 13.9. The summed E-state index contributed by atoms with van der Waals surface area (Å²) in [5.41, 5.74) is 6.74. The van der Waals surface area contributed by atoms with Gasteiger partial charge in [0.15, 0.2) is 17.0 Å². The molecule has 0 spiro atoms. The molecule has 0 aliphatic carbocycles. The van der Waals surface area contributed by atoms with Crippen molar-refractivity contribution in [2.75, 3.05) is 37.9 Å². The summed E-state index contributed by atoms with van der Waals surface area (Å²) >= 11 is 5.32. The van der Waals surface area contributed by atoms with Gasteiger partial charge in [0.05, 0.1) is 12.9 Å². The van der Waals surface area contributed by atoms with Crippen LogP contribution in [0.2, 0.25) is 0 Å². The zero-order valence-electron chi connectivity index (χ0n) is 21.2. The topological polar surface area (TPSA) is 130 Å². The predicted molar refractivity (Wildman–Crippen MR) is 136 cm³/mol. The van der Waals surface area contributed by atoms with Crippen molar-refractivity contribution >= 4 is 47.8 Å². The normalized spacial score (nSPS) is 24.5. The molecule has 1 unspecified atom stereocenters. The standard InChI is InChI=1S/C21H35FN7O4PS/c1-12-8-21(22,10-32-34(35)27-13(2)18(30)31-9-20(3,4)5)33-17(12)29-11-24-14-15(28(6)7)25-19(23)26-16(14)29/h11-13,17,34H,8-10H2,1-7H3,(H,27,35)(H2,23,25,26)/t12-,13-,17+,21-/m0/s1. The van der Waals surface area contributed by atoms with Crippen molar-refractivity contribution < 1.29 is 23.2 Å². The first-order valence-electron chi connectivity index (χ1n) is 11.3. The van der Waals surface area contributed by atoms with Gasteiger partial charge in [0.2, 0.25) is 11.8 Å². The summed E-state index contributed by atoms with van der Waals surface area (Å²) < 4.78 is 33.9. The molecule has 196 valence electrons. The number of nitrogen functional groups attached to an aromatic ring is 1. The highest BCUT2D eigenvalue weighted by Crippen LogP contribution is 2.44. The fourth-order valence-corrected chi connectivity index (χ4v) is 5.27. The highest BCUT2D eigenvalue weighted by Gasteiger charge is 2.47. The maximum atomic E-state index is 15.6. The zero-order chi connectivity index (χ0) is 26.1. The average Bonchev–Trinajstić information content (AvgIpc) is 3.29. The van der Waals surface area contributed by atoms with E-state index in [4.69, 9.17) is 31.5 Å². The Labute approximate surface area is 210 Å². The number of alkyl halides is 1. The monoisotopic (exact) mass is 531 g/mol. The molecule has 0 radical (unpaired) electrons. The molecule has 0 bridgehead atoms. The van der Waals surface area contributed by atoms with Crippen molar-refractivity contribution in [1.29, 1.82) is 0 Å². The van der Waals surface area contributed by atoms with Crippen LogP contribution in [0.25, 0.3) is 11.2 Å². The number of nitrogens with one attached hydrogen (secondary N) is 1. The van der Waals surface area contributed by atoms with E-state index < -0.39 is 31.2 Å². The summed E-state index contributed by atoms with van der Waals surface area (Å²) in [5, 5.41) is 2.90. The maximum Gasteiger partial charge on any atom is 0.323 e. The fraction of sp³-hybridized carbons (Fsp3) is 0.714. The summed E-state index contributed by atoms with van der Waals surface area (Å²) in [6.07, 6.45) is 0.971. The minimum Gasteiger partial charge on any atom is -0.464 e. The molecule has 0 amide bonds. The van der Waals surface area contributed by atoms with Crippen LogP contribution < -0.4 is 15.7 Å². The van der Waals surface area contributed by atoms with Crippen LogP contribution in [-0.4, -0.2) is 64.7 Å². The van der Waals surface area contributed by atoms with Crippen LogP contribution in [0.4, 0.5) is 16.2 Å². The number of hydrogen-bond acceptors (Lipinski definition) is 10. The van der Waals surface area contributed by atoms with E-state index in [-0.39, 0.29) is 36.9 Å². The van der Waals surface area contributed by atoms with Crippen LogP contribution in [0, 0.1) is 11.3 Å². The molecule has 2 aromatic rings. The Morgan fingerprint density at radius 1 is 1.49 bits per heavy atom. The van der Waals surface area contributed by atoms with Crippen molar-refractivity contribution in [3.05, 3.63) is 6.33 Å². The van der Waals surface area contributed by atoms with Crippen LogP contribution >= 0.6 is 7.07 Å². The molecule has 1 saturated heterocycles. The molecule has 3 rings (SSSR count). The summed E-state index contributed by atoms with van der Waals surface area (Å²) in [6.45, 7) is 9.34. The van der Waals surface area contributed by atoms with E-state index in [2.05, 4.69) is 20.0 Å². The number of fused-ring (bicyclic) bond motifs is 1. The number of aromatic nitrogens is 4. The molecule has 1 aliphatic heterocycles. The van der Waals surface area contributed by atoms with Gasteiger partial charge in [-0.05, 0) is 12.3 Å². The van der Waals surface area contributed by atoms with E-state index in [9.17, 15) is 4.79 Å². The number of esters is 1. The summed E-state index contributed by atoms with van der Waals surface area (Å²) in [5.74, 6) is -2.05. The van der Waals surface area contributed by atoms with Crippen LogP contribution in [0.15, 0.2) is 6.33 Å². The third-order valence-corrected chi connectivity index (χ3v) is 7.10. The van der Waals surface area contributed by atoms with Crippen LogP contribution in [-0.2, 0) is 30.6 Å². The second-order valence-corrected chi connectivity index (χ2v) is 12.6. The quantitative estimate of drug-likeness (QED) is 0.366. The summed E-state index contributed by atoms with van der Waals surface area (Å²) in [6, 6.07) is -0.663. The van der Waals surface area contributed by atoms with E-state index in [0.29, 0.717) is 17.0 Å². The Morgan fingerprint density at radius 3 is 2.80 bits per heavy atom. The van der Waals surface area contributed by atoms with E-state index in [1.54, 1.807) is 22.7 Å². The van der Waals surface area contributed by atoms with Crippen LogP contribution in [0.3, 0.4) is 0 Å². The van der Waals surface area contributed by atoms with Gasteiger partial charge in [0, 0.05) is 26.4 Å². The van der Waals surface area contributed by atoms with Gasteiger partial charge < -0.3 is 24.6 Å². The number of ether oxygens (including phenoxy) is 2. The van der Waals surface area contributed by atoms with Crippen LogP contribution in [0.5, 0.6) is 0 Å². The maximum absolute atomic E-state index is 15.6. The number of halogens is 1. The molecule has 14 heteroatoms. The van der Waals surface area contributed by atoms with E-state index in [1.165, 1.54) is 0 Å². The molecule has 3 N–H and O–H groups in total. The number of carbonyl (C=O) groups is 1. The average molecular weight is 532 g/mol. The molecule has 3 heterocycles. The van der Waals surface area contributed by atoms with Crippen LogP contribution in [0.1, 0.15) is 47.3 Å². The first-order chi connectivity index (χ1) is 16.2. The predicted octanol–water partition coefficient (Wildman–Crippen LogP) is 2.79. The Kier molecular flexibility index (Phi) is 8.37. The van der Waals surface area contributed by atoms with Gasteiger partial charge in [-0.3, -0.25) is 14.4 Å². The molecular weight excluding hydrogens is 496 g/mol. The first kappa shape index (κ1) is 27.7. The van der Waals surface area contributed by atoms with Crippen molar-refractivity contribution in [3.8, 4) is 0 Å². The zero-order valence-corrected chi connectivity index (χ0v) is 23.0. The Bertz CT molecular complexity index is 1100. The minimum absolute atomic E-state index is 0.0861. The van der Waals surface area contributed by atoms with E-state index >= 15 is 4.39 Å². The molecule has 1 aliphatic rings. The van der Waals surface area contributed by atoms with Gasteiger partial charge in [-0.1, -0.05) is 39.5 Å².